The van der Waals surface area contributed by atoms with Crippen LogP contribution in [-0.4, -0.2) is 36.1 Å². The number of benzene rings is 3. The number of nitrogens with zero attached hydrogens (tertiary/aromatic N) is 1. The summed E-state index contributed by atoms with van der Waals surface area (Å²) in [4.78, 5) is 14.9. The summed E-state index contributed by atoms with van der Waals surface area (Å²) in [5.41, 5.74) is 3.81. The van der Waals surface area contributed by atoms with E-state index in [1.54, 1.807) is 0 Å². The van der Waals surface area contributed by atoms with Crippen molar-refractivity contribution in [2.24, 2.45) is 0 Å². The van der Waals surface area contributed by atoms with Gasteiger partial charge in [0.2, 0.25) is 0 Å². The summed E-state index contributed by atoms with van der Waals surface area (Å²) in [5, 5.41) is 0. The van der Waals surface area contributed by atoms with E-state index in [0.29, 0.717) is 25.3 Å². The fourth-order valence-corrected chi connectivity index (χ4v) is 4.50. The van der Waals surface area contributed by atoms with Crippen molar-refractivity contribution in [3.8, 4) is 22.6 Å². The second-order valence-electron chi connectivity index (χ2n) is 8.37. The van der Waals surface area contributed by atoms with Gasteiger partial charge < -0.3 is 14.4 Å². The number of amides is 1. The highest BCUT2D eigenvalue weighted by Gasteiger charge is 2.38. The fraction of sp³-hybridized carbons (Fsp3) is 0.250. The molecule has 3 aromatic rings. The number of carbonyl (C=O) groups excluding carboxylic acids is 1. The summed E-state index contributed by atoms with van der Waals surface area (Å²) in [6.45, 7) is 3.86. The van der Waals surface area contributed by atoms with Gasteiger partial charge in [0.25, 0.3) is 5.91 Å². The molecule has 0 N–H and O–H groups in total. The lowest BCUT2D eigenvalue weighted by atomic mass is 9.87. The van der Waals surface area contributed by atoms with Crippen LogP contribution in [0.5, 0.6) is 11.5 Å². The van der Waals surface area contributed by atoms with Crippen molar-refractivity contribution >= 4 is 12.0 Å². The molecule has 2 aliphatic heterocycles. The first-order valence-electron chi connectivity index (χ1n) is 11.3. The first kappa shape index (κ1) is 20.4. The van der Waals surface area contributed by atoms with Crippen molar-refractivity contribution < 1.29 is 14.3 Å². The number of piperidine rings is 1. The van der Waals surface area contributed by atoms with Gasteiger partial charge in [-0.1, -0.05) is 48.5 Å². The molecular formula is C28H27NO3. The van der Waals surface area contributed by atoms with E-state index in [2.05, 4.69) is 54.6 Å². The monoisotopic (exact) mass is 425 g/mol. The second-order valence-corrected chi connectivity index (χ2v) is 8.37. The molecule has 0 saturated carbocycles. The van der Waals surface area contributed by atoms with Crippen LogP contribution < -0.4 is 9.47 Å². The standard InChI is InChI=1S/C28H27NO3/c1-2-31-25-10-6-9-24(20-25)27(30)29-17-15-28(16-18-29)14-13-23-19-22(11-12-26(23)32-28)21-7-4-3-5-8-21/h3-14,19-20H,2,15-18H2,1H3. The fourth-order valence-electron chi connectivity index (χ4n) is 4.50. The maximum atomic E-state index is 13.0. The average molecular weight is 426 g/mol. The van der Waals surface area contributed by atoms with Crippen molar-refractivity contribution in [2.45, 2.75) is 25.4 Å². The lowest BCUT2D eigenvalue weighted by Gasteiger charge is -2.42. The van der Waals surface area contributed by atoms with Crippen molar-refractivity contribution in [3.05, 3.63) is 90.0 Å². The molecule has 162 valence electrons. The van der Waals surface area contributed by atoms with Crippen LogP contribution in [0.1, 0.15) is 35.7 Å². The predicted octanol–water partition coefficient (Wildman–Crippen LogP) is 5.83. The van der Waals surface area contributed by atoms with E-state index in [1.165, 1.54) is 11.1 Å². The Hall–Kier alpha value is -3.53. The van der Waals surface area contributed by atoms with Gasteiger partial charge in [-0.05, 0) is 54.5 Å². The molecule has 0 radical (unpaired) electrons. The van der Waals surface area contributed by atoms with Gasteiger partial charge in [-0.25, -0.2) is 0 Å². The lowest BCUT2D eigenvalue weighted by Crippen LogP contribution is -2.49. The van der Waals surface area contributed by atoms with Crippen LogP contribution in [0.3, 0.4) is 0 Å². The summed E-state index contributed by atoms with van der Waals surface area (Å²) in [5.74, 6) is 1.70. The maximum absolute atomic E-state index is 13.0. The van der Waals surface area contributed by atoms with Crippen LogP contribution in [-0.2, 0) is 0 Å². The van der Waals surface area contributed by atoms with Crippen LogP contribution in [0.25, 0.3) is 17.2 Å². The number of carbonyl (C=O) groups is 1. The zero-order valence-corrected chi connectivity index (χ0v) is 18.3. The van der Waals surface area contributed by atoms with Gasteiger partial charge in [0.1, 0.15) is 17.1 Å². The summed E-state index contributed by atoms with van der Waals surface area (Å²) >= 11 is 0. The third-order valence-electron chi connectivity index (χ3n) is 6.29. The van der Waals surface area contributed by atoms with Crippen LogP contribution in [0.4, 0.5) is 0 Å². The molecule has 0 aromatic heterocycles. The van der Waals surface area contributed by atoms with Crippen LogP contribution in [0.2, 0.25) is 0 Å². The van der Waals surface area contributed by atoms with Crippen LogP contribution in [0.15, 0.2) is 78.9 Å². The number of fused-ring (bicyclic) bond motifs is 1. The highest BCUT2D eigenvalue weighted by molar-refractivity contribution is 5.94. The molecule has 3 aromatic carbocycles. The molecule has 1 spiro atoms. The first-order chi connectivity index (χ1) is 15.7. The van der Waals surface area contributed by atoms with Crippen molar-refractivity contribution in [1.82, 2.24) is 4.90 Å². The minimum absolute atomic E-state index is 0.0501. The number of likely N-dealkylation sites (tertiary alicyclic amines) is 1. The molecule has 4 nitrogen and oxygen atoms in total. The Morgan fingerprint density at radius 2 is 1.78 bits per heavy atom. The van der Waals surface area contributed by atoms with Gasteiger partial charge in [0, 0.05) is 37.1 Å². The molecule has 4 heteroatoms. The normalized spacial score (nSPS) is 16.3. The van der Waals surface area contributed by atoms with E-state index in [4.69, 9.17) is 9.47 Å². The third kappa shape index (κ3) is 4.01. The Morgan fingerprint density at radius 1 is 0.969 bits per heavy atom. The minimum Gasteiger partial charge on any atom is -0.494 e. The SMILES string of the molecule is CCOc1cccc(C(=O)N2CCC3(C=Cc4cc(-c5ccccc5)ccc4O3)CC2)c1. The molecule has 2 aliphatic rings. The minimum atomic E-state index is -0.342. The van der Waals surface area contributed by atoms with Crippen LogP contribution >= 0.6 is 0 Å². The highest BCUT2D eigenvalue weighted by Crippen LogP contribution is 2.39. The van der Waals surface area contributed by atoms with E-state index >= 15 is 0 Å². The molecule has 0 bridgehead atoms. The second kappa shape index (κ2) is 8.54. The smallest absolute Gasteiger partial charge is 0.253 e. The molecule has 32 heavy (non-hydrogen) atoms. The Morgan fingerprint density at radius 3 is 2.56 bits per heavy atom. The molecule has 0 aliphatic carbocycles. The van der Waals surface area contributed by atoms with Gasteiger partial charge in [-0.3, -0.25) is 4.79 Å². The van der Waals surface area contributed by atoms with E-state index in [-0.39, 0.29) is 11.5 Å². The predicted molar refractivity (Wildman–Crippen MR) is 127 cm³/mol. The van der Waals surface area contributed by atoms with Crippen molar-refractivity contribution in [2.75, 3.05) is 19.7 Å². The number of rotatable bonds is 4. The zero-order valence-electron chi connectivity index (χ0n) is 18.3. The molecule has 0 unspecified atom stereocenters. The Balaban J connectivity index is 1.27. The molecule has 5 rings (SSSR count). The van der Waals surface area contributed by atoms with E-state index in [1.807, 2.05) is 42.2 Å². The summed E-state index contributed by atoms with van der Waals surface area (Å²) < 4.78 is 12.0. The van der Waals surface area contributed by atoms with Crippen molar-refractivity contribution in [3.63, 3.8) is 0 Å². The van der Waals surface area contributed by atoms with E-state index < -0.39 is 0 Å². The first-order valence-corrected chi connectivity index (χ1v) is 11.3. The number of ether oxygens (including phenoxy) is 2. The summed E-state index contributed by atoms with van der Waals surface area (Å²) in [7, 11) is 0. The lowest BCUT2D eigenvalue weighted by molar-refractivity contribution is 0.0329. The summed E-state index contributed by atoms with van der Waals surface area (Å²) in [6.07, 6.45) is 5.91. The Bertz CT molecular complexity index is 1140. The summed E-state index contributed by atoms with van der Waals surface area (Å²) in [6, 6.07) is 24.2. The molecule has 1 saturated heterocycles. The van der Waals surface area contributed by atoms with Gasteiger partial charge in [0.15, 0.2) is 0 Å². The molecular weight excluding hydrogens is 398 g/mol. The highest BCUT2D eigenvalue weighted by atomic mass is 16.5. The largest absolute Gasteiger partial charge is 0.494 e. The van der Waals surface area contributed by atoms with Gasteiger partial charge >= 0.3 is 0 Å². The Labute approximate surface area is 189 Å². The Kier molecular flexibility index (Phi) is 5.44. The maximum Gasteiger partial charge on any atom is 0.253 e. The number of hydrogen-bond donors (Lipinski definition) is 0. The van der Waals surface area contributed by atoms with Crippen LogP contribution in [0, 0.1) is 0 Å². The van der Waals surface area contributed by atoms with E-state index in [0.717, 1.165) is 29.9 Å². The van der Waals surface area contributed by atoms with Gasteiger partial charge in [-0.15, -0.1) is 0 Å². The van der Waals surface area contributed by atoms with Gasteiger partial charge in [-0.2, -0.15) is 0 Å². The van der Waals surface area contributed by atoms with Gasteiger partial charge in [0.05, 0.1) is 6.61 Å². The topological polar surface area (TPSA) is 38.8 Å². The molecule has 0 atom stereocenters. The molecule has 2 heterocycles. The third-order valence-corrected chi connectivity index (χ3v) is 6.29. The van der Waals surface area contributed by atoms with E-state index in [9.17, 15) is 4.79 Å². The zero-order chi connectivity index (χ0) is 22.0. The average Bonchev–Trinajstić information content (AvgIpc) is 2.85. The van der Waals surface area contributed by atoms with Crippen molar-refractivity contribution in [1.29, 1.82) is 0 Å². The number of hydrogen-bond acceptors (Lipinski definition) is 3. The molecule has 1 fully saturated rings. The quantitative estimate of drug-likeness (QED) is 0.528. The molecule has 1 amide bonds.